The molecule has 1 fully saturated rings. The van der Waals surface area contributed by atoms with E-state index in [1.807, 2.05) is 18.2 Å². The number of methoxy groups -OCH3 is 2. The van der Waals surface area contributed by atoms with Gasteiger partial charge >= 0.3 is 0 Å². The predicted molar refractivity (Wildman–Crippen MR) is 102 cm³/mol. The van der Waals surface area contributed by atoms with Crippen LogP contribution in [0.3, 0.4) is 0 Å². The number of para-hydroxylation sites is 1. The molecule has 6 nitrogen and oxygen atoms in total. The highest BCUT2D eigenvalue weighted by Crippen LogP contribution is 2.21. The first kappa shape index (κ1) is 18.8. The van der Waals surface area contributed by atoms with Crippen LogP contribution in [0.5, 0.6) is 11.5 Å². The van der Waals surface area contributed by atoms with Gasteiger partial charge in [0.15, 0.2) is 0 Å². The Kier molecular flexibility index (Phi) is 5.96. The molecule has 0 aliphatic carbocycles. The van der Waals surface area contributed by atoms with Crippen molar-refractivity contribution in [3.8, 4) is 11.5 Å². The van der Waals surface area contributed by atoms with Crippen molar-refractivity contribution in [3.63, 3.8) is 0 Å². The largest absolute Gasteiger partial charge is 0.497 e. The quantitative estimate of drug-likeness (QED) is 0.833. The minimum absolute atomic E-state index is 0.0412. The highest BCUT2D eigenvalue weighted by atomic mass is 16.5. The van der Waals surface area contributed by atoms with Crippen LogP contribution in [0, 0.1) is 0 Å². The van der Waals surface area contributed by atoms with E-state index in [-0.39, 0.29) is 11.8 Å². The Morgan fingerprint density at radius 1 is 0.815 bits per heavy atom. The maximum Gasteiger partial charge on any atom is 0.257 e. The zero-order valence-electron chi connectivity index (χ0n) is 15.7. The van der Waals surface area contributed by atoms with Gasteiger partial charge in [0, 0.05) is 31.7 Å². The fraction of sp³-hybridized carbons (Fsp3) is 0.333. The summed E-state index contributed by atoms with van der Waals surface area (Å²) in [6, 6.07) is 14.4. The summed E-state index contributed by atoms with van der Waals surface area (Å²) in [4.78, 5) is 29.3. The van der Waals surface area contributed by atoms with Crippen LogP contribution in [-0.2, 0) is 0 Å². The van der Waals surface area contributed by atoms with Crippen molar-refractivity contribution in [2.45, 2.75) is 6.42 Å². The number of carbonyl (C=O) groups is 2. The summed E-state index contributed by atoms with van der Waals surface area (Å²) in [5.41, 5.74) is 1.14. The third kappa shape index (κ3) is 4.22. The van der Waals surface area contributed by atoms with E-state index < -0.39 is 0 Å². The lowest BCUT2D eigenvalue weighted by atomic mass is 10.1. The van der Waals surface area contributed by atoms with Gasteiger partial charge in [-0.15, -0.1) is 0 Å². The minimum Gasteiger partial charge on any atom is -0.497 e. The van der Waals surface area contributed by atoms with Crippen LogP contribution in [0.4, 0.5) is 0 Å². The number of ether oxygens (including phenoxy) is 2. The van der Waals surface area contributed by atoms with E-state index in [2.05, 4.69) is 0 Å². The molecular weight excluding hydrogens is 344 g/mol. The molecule has 0 radical (unpaired) electrons. The summed E-state index contributed by atoms with van der Waals surface area (Å²) in [5.74, 6) is 1.11. The van der Waals surface area contributed by atoms with Crippen molar-refractivity contribution in [1.29, 1.82) is 0 Å². The number of hydrogen-bond donors (Lipinski definition) is 0. The topological polar surface area (TPSA) is 59.1 Å². The van der Waals surface area contributed by atoms with Crippen molar-refractivity contribution < 1.29 is 19.1 Å². The first-order valence-corrected chi connectivity index (χ1v) is 8.99. The van der Waals surface area contributed by atoms with E-state index in [4.69, 9.17) is 9.47 Å². The van der Waals surface area contributed by atoms with Crippen LogP contribution in [-0.4, -0.2) is 62.0 Å². The molecule has 1 aliphatic rings. The molecule has 1 aliphatic heterocycles. The summed E-state index contributed by atoms with van der Waals surface area (Å²) in [5, 5.41) is 0. The van der Waals surface area contributed by atoms with E-state index in [9.17, 15) is 9.59 Å². The highest BCUT2D eigenvalue weighted by Gasteiger charge is 2.25. The van der Waals surface area contributed by atoms with Gasteiger partial charge in [-0.2, -0.15) is 0 Å². The molecule has 2 amide bonds. The second-order valence-electron chi connectivity index (χ2n) is 6.37. The molecule has 3 rings (SSSR count). The summed E-state index contributed by atoms with van der Waals surface area (Å²) < 4.78 is 10.5. The van der Waals surface area contributed by atoms with Crippen LogP contribution in [0.1, 0.15) is 27.1 Å². The Labute approximate surface area is 159 Å². The molecular formula is C21H24N2O4. The molecule has 0 aromatic heterocycles. The third-order valence-electron chi connectivity index (χ3n) is 4.72. The second kappa shape index (κ2) is 8.58. The first-order valence-electron chi connectivity index (χ1n) is 8.99. The lowest BCUT2D eigenvalue weighted by Crippen LogP contribution is -2.37. The number of hydrogen-bond acceptors (Lipinski definition) is 4. The van der Waals surface area contributed by atoms with Crippen LogP contribution < -0.4 is 9.47 Å². The maximum absolute atomic E-state index is 12.9. The molecule has 1 heterocycles. The van der Waals surface area contributed by atoms with Gasteiger partial charge in [-0.25, -0.2) is 0 Å². The molecule has 1 saturated heterocycles. The number of amides is 2. The van der Waals surface area contributed by atoms with E-state index in [1.165, 1.54) is 0 Å². The van der Waals surface area contributed by atoms with Gasteiger partial charge in [-0.05, 0) is 36.8 Å². The Balaban J connectivity index is 1.70. The molecule has 2 aromatic carbocycles. The fourth-order valence-corrected chi connectivity index (χ4v) is 3.25. The summed E-state index contributed by atoms with van der Waals surface area (Å²) >= 11 is 0. The normalized spacial score (nSPS) is 14.4. The zero-order chi connectivity index (χ0) is 19.2. The standard InChI is InChI=1S/C21H24N2O4/c1-26-17-8-5-7-16(15-17)20(24)22-11-6-12-23(14-13-22)21(25)18-9-3-4-10-19(18)27-2/h3-5,7-10,15H,6,11-14H2,1-2H3. The summed E-state index contributed by atoms with van der Waals surface area (Å²) in [6.07, 6.45) is 0.733. The number of carbonyl (C=O) groups excluding carboxylic acids is 2. The Hall–Kier alpha value is -3.02. The van der Waals surface area contributed by atoms with Crippen molar-refractivity contribution in [2.75, 3.05) is 40.4 Å². The summed E-state index contributed by atoms with van der Waals surface area (Å²) in [7, 11) is 3.14. The van der Waals surface area contributed by atoms with Crippen LogP contribution in [0.25, 0.3) is 0 Å². The average molecular weight is 368 g/mol. The third-order valence-corrected chi connectivity index (χ3v) is 4.72. The van der Waals surface area contributed by atoms with Gasteiger partial charge in [0.25, 0.3) is 11.8 Å². The number of benzene rings is 2. The van der Waals surface area contributed by atoms with Crippen LogP contribution in [0.2, 0.25) is 0 Å². The summed E-state index contributed by atoms with van der Waals surface area (Å²) in [6.45, 7) is 2.22. The van der Waals surface area contributed by atoms with Crippen molar-refractivity contribution in [1.82, 2.24) is 9.80 Å². The lowest BCUT2D eigenvalue weighted by Gasteiger charge is -2.23. The minimum atomic E-state index is -0.0665. The predicted octanol–water partition coefficient (Wildman–Crippen LogP) is 2.69. The number of rotatable bonds is 4. The Morgan fingerprint density at radius 3 is 2.22 bits per heavy atom. The molecule has 0 atom stereocenters. The number of nitrogens with zero attached hydrogens (tertiary/aromatic N) is 2. The van der Waals surface area contributed by atoms with Gasteiger partial charge in [0.2, 0.25) is 0 Å². The monoisotopic (exact) mass is 368 g/mol. The SMILES string of the molecule is COc1cccc(C(=O)N2CCCN(C(=O)c3ccccc3OC)CC2)c1. The van der Waals surface area contributed by atoms with E-state index in [0.717, 1.165) is 6.42 Å². The van der Waals surface area contributed by atoms with E-state index >= 15 is 0 Å². The van der Waals surface area contributed by atoms with Gasteiger partial charge in [0.1, 0.15) is 11.5 Å². The Morgan fingerprint density at radius 2 is 1.52 bits per heavy atom. The van der Waals surface area contributed by atoms with Crippen molar-refractivity contribution in [2.24, 2.45) is 0 Å². The second-order valence-corrected chi connectivity index (χ2v) is 6.37. The van der Waals surface area contributed by atoms with Crippen LogP contribution in [0.15, 0.2) is 48.5 Å². The molecule has 2 aromatic rings. The zero-order valence-corrected chi connectivity index (χ0v) is 15.7. The molecule has 6 heteroatoms. The molecule has 0 N–H and O–H groups in total. The molecule has 0 bridgehead atoms. The van der Waals surface area contributed by atoms with Crippen molar-refractivity contribution in [3.05, 3.63) is 59.7 Å². The van der Waals surface area contributed by atoms with Gasteiger partial charge in [-0.3, -0.25) is 9.59 Å². The van der Waals surface area contributed by atoms with Crippen LogP contribution >= 0.6 is 0 Å². The molecule has 0 unspecified atom stereocenters. The van der Waals surface area contributed by atoms with Crippen molar-refractivity contribution >= 4 is 11.8 Å². The molecule has 27 heavy (non-hydrogen) atoms. The molecule has 0 saturated carbocycles. The van der Waals surface area contributed by atoms with Gasteiger partial charge in [0.05, 0.1) is 19.8 Å². The van der Waals surface area contributed by atoms with Gasteiger partial charge < -0.3 is 19.3 Å². The molecule has 142 valence electrons. The Bertz CT molecular complexity index is 821. The highest BCUT2D eigenvalue weighted by molar-refractivity contribution is 5.97. The first-order chi connectivity index (χ1) is 13.1. The lowest BCUT2D eigenvalue weighted by molar-refractivity contribution is 0.0716. The van der Waals surface area contributed by atoms with E-state index in [1.54, 1.807) is 54.4 Å². The van der Waals surface area contributed by atoms with Gasteiger partial charge in [-0.1, -0.05) is 18.2 Å². The smallest absolute Gasteiger partial charge is 0.257 e. The molecule has 0 spiro atoms. The average Bonchev–Trinajstić information content (AvgIpc) is 2.99. The van der Waals surface area contributed by atoms with E-state index in [0.29, 0.717) is 48.8 Å². The maximum atomic E-state index is 12.9. The fourth-order valence-electron chi connectivity index (χ4n) is 3.25.